The van der Waals surface area contributed by atoms with Crippen LogP contribution in [0.2, 0.25) is 0 Å². The second-order valence-electron chi connectivity index (χ2n) is 6.47. The van der Waals surface area contributed by atoms with E-state index in [4.69, 9.17) is 9.84 Å². The lowest BCUT2D eigenvalue weighted by atomic mass is 10.1. The molecule has 22 heavy (non-hydrogen) atoms. The van der Waals surface area contributed by atoms with Gasteiger partial charge in [0.2, 0.25) is 0 Å². The Hall–Kier alpha value is -1.63. The van der Waals surface area contributed by atoms with E-state index in [2.05, 4.69) is 0 Å². The molecule has 0 saturated carbocycles. The van der Waals surface area contributed by atoms with Crippen LogP contribution < -0.4 is 5.11 Å². The molecule has 0 rings (SSSR count). The zero-order chi connectivity index (χ0) is 17.2. The minimum Gasteiger partial charge on any atom is -0.550 e. The number of hydrogen-bond donors (Lipinski definition) is 1. The normalized spacial score (nSPS) is 12.7. The maximum absolute atomic E-state index is 11.7. The number of esters is 1. The smallest absolute Gasteiger partial charge is 0.306 e. The Morgan fingerprint density at radius 2 is 1.59 bits per heavy atom. The third kappa shape index (κ3) is 13.4. The first kappa shape index (κ1) is 20.4. The molecule has 0 fully saturated rings. The molecule has 1 N–H and O–H groups in total. The van der Waals surface area contributed by atoms with Crippen molar-refractivity contribution in [2.24, 2.45) is 0 Å². The summed E-state index contributed by atoms with van der Waals surface area (Å²) < 4.78 is 5.70. The molecule has 0 aromatic rings. The van der Waals surface area contributed by atoms with Crippen molar-refractivity contribution in [1.82, 2.24) is 0 Å². The zero-order valence-electron chi connectivity index (χ0n) is 13.7. The average molecular weight is 317 g/mol. The van der Waals surface area contributed by atoms with Gasteiger partial charge < -0.3 is 24.2 Å². The van der Waals surface area contributed by atoms with Gasteiger partial charge in [0.15, 0.2) is 6.10 Å². The first-order chi connectivity index (χ1) is 10.1. The van der Waals surface area contributed by atoms with Crippen molar-refractivity contribution in [3.63, 3.8) is 0 Å². The van der Waals surface area contributed by atoms with E-state index in [9.17, 15) is 19.5 Å². The summed E-state index contributed by atoms with van der Waals surface area (Å²) in [5.41, 5.74) is 0. The Morgan fingerprint density at radius 3 is 2.05 bits per heavy atom. The predicted molar refractivity (Wildman–Crippen MR) is 77.7 cm³/mol. The highest BCUT2D eigenvalue weighted by Crippen LogP contribution is 2.10. The van der Waals surface area contributed by atoms with Crippen LogP contribution in [0.5, 0.6) is 0 Å². The molecule has 0 bridgehead atoms. The van der Waals surface area contributed by atoms with Crippen LogP contribution >= 0.6 is 0 Å². The quantitative estimate of drug-likeness (QED) is 0.313. The van der Waals surface area contributed by atoms with E-state index in [0.717, 1.165) is 12.8 Å². The van der Waals surface area contributed by atoms with E-state index in [0.29, 0.717) is 23.9 Å². The number of hydrogen-bond acceptors (Lipinski definition) is 5. The highest BCUT2D eigenvalue weighted by atomic mass is 16.5. The van der Waals surface area contributed by atoms with Gasteiger partial charge in [-0.1, -0.05) is 12.8 Å². The van der Waals surface area contributed by atoms with E-state index in [1.165, 1.54) is 0 Å². The largest absolute Gasteiger partial charge is 0.550 e. The number of ether oxygens (including phenoxy) is 1. The second-order valence-corrected chi connectivity index (χ2v) is 6.47. The zero-order valence-corrected chi connectivity index (χ0v) is 13.7. The van der Waals surface area contributed by atoms with Crippen molar-refractivity contribution in [1.29, 1.82) is 0 Å². The van der Waals surface area contributed by atoms with E-state index >= 15 is 0 Å². The standard InChI is InChI=1S/C15H27NO6/c1-16(2,3)11-12(10-14(19)20)22-15(21)9-7-5-4-6-8-13(17)18/h12H,4-11H2,1-3H3,(H-,17,18,19,20)/t12-/m1/s1. The highest BCUT2D eigenvalue weighted by Gasteiger charge is 2.22. The number of carboxylic acid groups (broad SMARTS) is 2. The number of rotatable bonds is 12. The van der Waals surface area contributed by atoms with E-state index in [1.807, 2.05) is 21.1 Å². The summed E-state index contributed by atoms with van der Waals surface area (Å²) in [6.45, 7) is 0.401. The number of unbranched alkanes of at least 4 members (excludes halogenated alkanes) is 3. The Kier molecular flexibility index (Phi) is 9.40. The van der Waals surface area contributed by atoms with Gasteiger partial charge in [0.1, 0.15) is 6.54 Å². The molecule has 0 spiro atoms. The van der Waals surface area contributed by atoms with Crippen molar-refractivity contribution >= 4 is 17.9 Å². The lowest BCUT2D eigenvalue weighted by molar-refractivity contribution is -0.873. The fourth-order valence-electron chi connectivity index (χ4n) is 2.08. The Balaban J connectivity index is 4.01. The van der Waals surface area contributed by atoms with Crippen LogP contribution in [0, 0.1) is 0 Å². The Bertz CT molecular complexity index is 375. The molecule has 0 saturated heterocycles. The molecular weight excluding hydrogens is 290 g/mol. The summed E-state index contributed by atoms with van der Waals surface area (Å²) in [5.74, 6) is -2.47. The molecule has 0 aliphatic carbocycles. The van der Waals surface area contributed by atoms with Gasteiger partial charge in [-0.15, -0.1) is 0 Å². The number of nitrogens with zero attached hydrogens (tertiary/aromatic N) is 1. The molecule has 0 heterocycles. The molecule has 128 valence electrons. The second kappa shape index (κ2) is 10.2. The fraction of sp³-hybridized carbons (Fsp3) is 0.800. The molecule has 0 unspecified atom stereocenters. The summed E-state index contributed by atoms with van der Waals surface area (Å²) in [6.07, 6.45) is 2.07. The SMILES string of the molecule is C[N+](C)(C)C[C@@H](CC(=O)[O-])OC(=O)CCCCCCC(=O)O. The molecule has 0 aliphatic rings. The predicted octanol–water partition coefficient (Wildman–Crippen LogP) is 0.170. The minimum absolute atomic E-state index is 0.141. The molecule has 7 nitrogen and oxygen atoms in total. The Morgan fingerprint density at radius 1 is 1.05 bits per heavy atom. The van der Waals surface area contributed by atoms with Gasteiger partial charge in [-0.3, -0.25) is 9.59 Å². The fourth-order valence-corrected chi connectivity index (χ4v) is 2.08. The van der Waals surface area contributed by atoms with Crippen molar-refractivity contribution < 1.29 is 33.8 Å². The summed E-state index contributed by atoms with van der Waals surface area (Å²) >= 11 is 0. The number of quaternary nitrogens is 1. The first-order valence-corrected chi connectivity index (χ1v) is 7.51. The van der Waals surface area contributed by atoms with E-state index in [1.54, 1.807) is 0 Å². The molecule has 0 radical (unpaired) electrons. The van der Waals surface area contributed by atoms with Crippen LogP contribution in [-0.4, -0.2) is 61.3 Å². The van der Waals surface area contributed by atoms with Gasteiger partial charge in [0.05, 0.1) is 21.1 Å². The summed E-state index contributed by atoms with van der Waals surface area (Å²) in [5, 5.41) is 19.2. The van der Waals surface area contributed by atoms with Gasteiger partial charge in [-0.05, 0) is 12.8 Å². The first-order valence-electron chi connectivity index (χ1n) is 7.51. The molecule has 0 aromatic heterocycles. The summed E-state index contributed by atoms with van der Waals surface area (Å²) in [6, 6.07) is 0. The van der Waals surface area contributed by atoms with Crippen LogP contribution in [-0.2, 0) is 19.1 Å². The van der Waals surface area contributed by atoms with Crippen LogP contribution in [0.25, 0.3) is 0 Å². The third-order valence-electron chi connectivity index (χ3n) is 2.97. The van der Waals surface area contributed by atoms with E-state index < -0.39 is 24.0 Å². The number of carboxylic acids is 2. The van der Waals surface area contributed by atoms with Crippen molar-refractivity contribution in [2.75, 3.05) is 27.7 Å². The van der Waals surface area contributed by atoms with Crippen molar-refractivity contribution in [3.05, 3.63) is 0 Å². The molecule has 0 aromatic carbocycles. The molecule has 7 heteroatoms. The van der Waals surface area contributed by atoms with Crippen LogP contribution in [0.1, 0.15) is 44.9 Å². The number of likely N-dealkylation sites (N-methyl/N-ethyl adjacent to an activating group) is 1. The molecule has 0 aliphatic heterocycles. The maximum atomic E-state index is 11.7. The number of carbonyl (C=O) groups excluding carboxylic acids is 2. The van der Waals surface area contributed by atoms with Gasteiger partial charge in [-0.2, -0.15) is 0 Å². The van der Waals surface area contributed by atoms with E-state index in [-0.39, 0.29) is 19.3 Å². The average Bonchev–Trinajstić information content (AvgIpc) is 2.29. The molecule has 0 amide bonds. The van der Waals surface area contributed by atoms with Crippen LogP contribution in [0.3, 0.4) is 0 Å². The van der Waals surface area contributed by atoms with Crippen molar-refractivity contribution in [3.8, 4) is 0 Å². The van der Waals surface area contributed by atoms with Crippen LogP contribution in [0.15, 0.2) is 0 Å². The van der Waals surface area contributed by atoms with Gasteiger partial charge >= 0.3 is 11.9 Å². The van der Waals surface area contributed by atoms with Crippen LogP contribution in [0.4, 0.5) is 0 Å². The van der Waals surface area contributed by atoms with Gasteiger partial charge in [0.25, 0.3) is 0 Å². The molecular formula is C15H27NO6. The van der Waals surface area contributed by atoms with Gasteiger partial charge in [-0.25, -0.2) is 0 Å². The number of carbonyl (C=O) groups is 3. The topological polar surface area (TPSA) is 104 Å². The lowest BCUT2D eigenvalue weighted by Gasteiger charge is -2.29. The Labute approximate surface area is 131 Å². The van der Waals surface area contributed by atoms with Crippen molar-refractivity contribution in [2.45, 2.75) is 51.0 Å². The lowest BCUT2D eigenvalue weighted by Crippen LogP contribution is -2.45. The highest BCUT2D eigenvalue weighted by molar-refractivity contribution is 5.70. The third-order valence-corrected chi connectivity index (χ3v) is 2.97. The molecule has 1 atom stereocenters. The minimum atomic E-state index is -1.24. The number of aliphatic carboxylic acids is 2. The maximum Gasteiger partial charge on any atom is 0.306 e. The monoisotopic (exact) mass is 317 g/mol. The summed E-state index contributed by atoms with van der Waals surface area (Å²) in [4.78, 5) is 32.8. The summed E-state index contributed by atoms with van der Waals surface area (Å²) in [7, 11) is 5.66. The van der Waals surface area contributed by atoms with Gasteiger partial charge in [0, 0.05) is 25.2 Å².